The Morgan fingerprint density at radius 1 is 1.23 bits per heavy atom. The van der Waals surface area contributed by atoms with Gasteiger partial charge >= 0.3 is 0 Å². The van der Waals surface area contributed by atoms with Gasteiger partial charge in [-0.05, 0) is 60.4 Å². The molecule has 1 amide bonds. The van der Waals surface area contributed by atoms with Crippen LogP contribution in [0.5, 0.6) is 11.5 Å². The highest BCUT2D eigenvalue weighted by Gasteiger charge is 2.36. The van der Waals surface area contributed by atoms with E-state index < -0.39 is 11.5 Å². The van der Waals surface area contributed by atoms with E-state index in [2.05, 4.69) is 26.8 Å². The minimum absolute atomic E-state index is 0.0931. The summed E-state index contributed by atoms with van der Waals surface area (Å²) in [5.41, 5.74) is 9.80. The van der Waals surface area contributed by atoms with E-state index in [-0.39, 0.29) is 29.7 Å². The maximum Gasteiger partial charge on any atom is 0.268 e. The molecule has 2 aromatic carbocycles. The number of aromatic nitrogens is 1. The van der Waals surface area contributed by atoms with E-state index in [9.17, 15) is 14.7 Å². The largest absolute Gasteiger partial charge is 0.507 e. The van der Waals surface area contributed by atoms with Crippen LogP contribution in [0.4, 0.5) is 0 Å². The summed E-state index contributed by atoms with van der Waals surface area (Å²) in [6.45, 7) is 9.21. The van der Waals surface area contributed by atoms with Gasteiger partial charge < -0.3 is 20.1 Å². The molecule has 1 atom stereocenters. The molecular weight excluding hydrogens is 440 g/mol. The number of benzene rings is 2. The summed E-state index contributed by atoms with van der Waals surface area (Å²) in [7, 11) is 0. The number of nitrogens with two attached hydrogens (primary N) is 1. The smallest absolute Gasteiger partial charge is 0.268 e. The van der Waals surface area contributed by atoms with Crippen molar-refractivity contribution in [3.63, 3.8) is 0 Å². The van der Waals surface area contributed by atoms with Crippen molar-refractivity contribution in [2.24, 2.45) is 11.7 Å². The Bertz CT molecular complexity index is 1310. The molecular formula is C29H34N2O4. The van der Waals surface area contributed by atoms with Gasteiger partial charge in [0.05, 0.1) is 18.8 Å². The highest BCUT2D eigenvalue weighted by atomic mass is 16.5. The Hall–Kier alpha value is -3.54. The predicted molar refractivity (Wildman–Crippen MR) is 138 cm³/mol. The molecule has 6 nitrogen and oxygen atoms in total. The van der Waals surface area contributed by atoms with E-state index in [0.29, 0.717) is 24.3 Å². The molecule has 1 unspecified atom stereocenters. The minimum atomic E-state index is -0.915. The molecule has 1 aliphatic rings. The zero-order valence-corrected chi connectivity index (χ0v) is 20.9. The molecule has 1 heterocycles. The standard InChI is InChI=1S/C29H34N2O4/c1-5-6-12-35-23-15-20-14-21(17(2)3)24-26(22(20)13-18(23)4)31(16-19-10-8-7-9-11-19)29(34)25(27(24)32)28(30)33/h7-11,13,15,17,21,32H,5-6,12,14,16H2,1-4H3,(H2,30,33). The molecule has 35 heavy (non-hydrogen) atoms. The lowest BCUT2D eigenvalue weighted by Crippen LogP contribution is -2.34. The van der Waals surface area contributed by atoms with Crippen molar-refractivity contribution in [1.82, 2.24) is 4.57 Å². The number of pyridine rings is 1. The number of ether oxygens (including phenoxy) is 1. The molecule has 0 saturated heterocycles. The first-order valence-electron chi connectivity index (χ1n) is 12.3. The third-order valence-corrected chi connectivity index (χ3v) is 6.93. The van der Waals surface area contributed by atoms with Gasteiger partial charge in [-0.1, -0.05) is 57.5 Å². The fourth-order valence-electron chi connectivity index (χ4n) is 5.02. The summed E-state index contributed by atoms with van der Waals surface area (Å²) in [6.07, 6.45) is 2.70. The van der Waals surface area contributed by atoms with Crippen molar-refractivity contribution >= 4 is 5.91 Å². The van der Waals surface area contributed by atoms with Crippen LogP contribution in [0.25, 0.3) is 11.3 Å². The van der Waals surface area contributed by atoms with E-state index in [1.807, 2.05) is 43.3 Å². The van der Waals surface area contributed by atoms with E-state index in [1.165, 1.54) is 0 Å². The molecule has 0 saturated carbocycles. The molecule has 4 rings (SSSR count). The second-order valence-corrected chi connectivity index (χ2v) is 9.76. The molecule has 0 fully saturated rings. The summed E-state index contributed by atoms with van der Waals surface area (Å²) in [5.74, 6) is -0.294. The van der Waals surface area contributed by atoms with Crippen LogP contribution in [0.15, 0.2) is 47.3 Å². The Morgan fingerprint density at radius 3 is 2.57 bits per heavy atom. The zero-order valence-electron chi connectivity index (χ0n) is 20.9. The highest BCUT2D eigenvalue weighted by molar-refractivity contribution is 5.97. The number of rotatable bonds is 8. The highest BCUT2D eigenvalue weighted by Crippen LogP contribution is 2.48. The van der Waals surface area contributed by atoms with Crippen LogP contribution in [0.3, 0.4) is 0 Å². The fraction of sp³-hybridized carbons (Fsp3) is 0.379. The number of carbonyl (C=O) groups is 1. The SMILES string of the molecule is CCCCOc1cc2c(cc1C)-c1c(c(O)c(C(N)=O)c(=O)n1Cc1ccccc1)C(C(C)C)C2. The van der Waals surface area contributed by atoms with Crippen LogP contribution < -0.4 is 16.0 Å². The molecule has 0 radical (unpaired) electrons. The molecule has 6 heteroatoms. The number of amides is 1. The number of aryl methyl sites for hydroxylation is 1. The lowest BCUT2D eigenvalue weighted by molar-refractivity contribution is 0.0995. The van der Waals surface area contributed by atoms with Gasteiger partial charge in [-0.25, -0.2) is 0 Å². The van der Waals surface area contributed by atoms with Crippen molar-refractivity contribution in [2.45, 2.75) is 59.4 Å². The second-order valence-electron chi connectivity index (χ2n) is 9.76. The van der Waals surface area contributed by atoms with Crippen LogP contribution in [0.2, 0.25) is 0 Å². The average molecular weight is 475 g/mol. The molecule has 0 bridgehead atoms. The summed E-state index contributed by atoms with van der Waals surface area (Å²) in [4.78, 5) is 25.9. The van der Waals surface area contributed by atoms with Crippen LogP contribution in [0.1, 0.15) is 72.1 Å². The van der Waals surface area contributed by atoms with E-state index in [4.69, 9.17) is 10.5 Å². The Labute approximate surface area is 206 Å². The van der Waals surface area contributed by atoms with E-state index in [0.717, 1.165) is 40.8 Å². The van der Waals surface area contributed by atoms with Gasteiger partial charge in [0.15, 0.2) is 0 Å². The summed E-state index contributed by atoms with van der Waals surface area (Å²) in [5, 5.41) is 11.2. The third-order valence-electron chi connectivity index (χ3n) is 6.93. The fourth-order valence-corrected chi connectivity index (χ4v) is 5.02. The van der Waals surface area contributed by atoms with Crippen LogP contribution in [0, 0.1) is 12.8 Å². The van der Waals surface area contributed by atoms with E-state index in [1.54, 1.807) is 4.57 Å². The molecule has 0 spiro atoms. The van der Waals surface area contributed by atoms with Crippen molar-refractivity contribution in [3.8, 4) is 22.8 Å². The molecule has 3 aromatic rings. The van der Waals surface area contributed by atoms with Gasteiger partial charge in [-0.3, -0.25) is 9.59 Å². The number of aromatic hydroxyl groups is 1. The number of fused-ring (bicyclic) bond motifs is 3. The quantitative estimate of drug-likeness (QED) is 0.441. The van der Waals surface area contributed by atoms with Crippen LogP contribution >= 0.6 is 0 Å². The first-order valence-corrected chi connectivity index (χ1v) is 12.3. The summed E-state index contributed by atoms with van der Waals surface area (Å²) < 4.78 is 7.68. The van der Waals surface area contributed by atoms with Crippen molar-refractivity contribution in [1.29, 1.82) is 0 Å². The Kier molecular flexibility index (Phi) is 7.01. The number of unbranched alkanes of at least 4 members (excludes halogenated alkanes) is 1. The number of hydrogen-bond acceptors (Lipinski definition) is 4. The molecule has 184 valence electrons. The second kappa shape index (κ2) is 9.98. The molecule has 1 aromatic heterocycles. The monoisotopic (exact) mass is 474 g/mol. The first-order chi connectivity index (χ1) is 16.7. The number of carbonyl (C=O) groups excluding carboxylic acids is 1. The molecule has 1 aliphatic carbocycles. The molecule has 3 N–H and O–H groups in total. The van der Waals surface area contributed by atoms with Gasteiger partial charge in [0, 0.05) is 11.1 Å². The maximum atomic E-state index is 13.6. The minimum Gasteiger partial charge on any atom is -0.507 e. The number of primary amides is 1. The van der Waals surface area contributed by atoms with Gasteiger partial charge in [-0.15, -0.1) is 0 Å². The van der Waals surface area contributed by atoms with Crippen LogP contribution in [-0.2, 0) is 13.0 Å². The maximum absolute atomic E-state index is 13.6. The lowest BCUT2D eigenvalue weighted by Gasteiger charge is -2.34. The summed E-state index contributed by atoms with van der Waals surface area (Å²) >= 11 is 0. The normalized spacial score (nSPS) is 14.5. The Balaban J connectivity index is 2.02. The van der Waals surface area contributed by atoms with Crippen molar-refractivity contribution in [3.05, 3.63) is 80.6 Å². The van der Waals surface area contributed by atoms with Gasteiger partial charge in [0.25, 0.3) is 11.5 Å². The average Bonchev–Trinajstić information content (AvgIpc) is 2.82. The summed E-state index contributed by atoms with van der Waals surface area (Å²) in [6, 6.07) is 13.7. The van der Waals surface area contributed by atoms with Crippen molar-refractivity contribution in [2.75, 3.05) is 6.61 Å². The zero-order chi connectivity index (χ0) is 25.3. The van der Waals surface area contributed by atoms with Gasteiger partial charge in [0.1, 0.15) is 17.1 Å². The van der Waals surface area contributed by atoms with Gasteiger partial charge in [0.2, 0.25) is 0 Å². The Morgan fingerprint density at radius 2 is 1.94 bits per heavy atom. The molecule has 0 aliphatic heterocycles. The van der Waals surface area contributed by atoms with Crippen molar-refractivity contribution < 1.29 is 14.6 Å². The number of nitrogens with zero attached hydrogens (tertiary/aromatic N) is 1. The van der Waals surface area contributed by atoms with Crippen LogP contribution in [-0.4, -0.2) is 22.2 Å². The van der Waals surface area contributed by atoms with Gasteiger partial charge in [-0.2, -0.15) is 0 Å². The topological polar surface area (TPSA) is 94.6 Å². The number of hydrogen-bond donors (Lipinski definition) is 2. The predicted octanol–water partition coefficient (Wildman–Crippen LogP) is 5.15. The van der Waals surface area contributed by atoms with E-state index >= 15 is 0 Å². The lowest BCUT2D eigenvalue weighted by atomic mass is 9.74. The third kappa shape index (κ3) is 4.57. The first kappa shape index (κ1) is 24.6.